The Bertz CT molecular complexity index is 319. The topological polar surface area (TPSA) is 37.9 Å². The van der Waals surface area contributed by atoms with Gasteiger partial charge in [0.25, 0.3) is 0 Å². The third kappa shape index (κ3) is 1.57. The molecule has 2 unspecified atom stereocenters. The zero-order valence-corrected chi connectivity index (χ0v) is 9.13. The Morgan fingerprint density at radius 3 is 3.00 bits per heavy atom. The van der Waals surface area contributed by atoms with Crippen LogP contribution in [0, 0.1) is 0 Å². The van der Waals surface area contributed by atoms with Crippen molar-refractivity contribution in [2.24, 2.45) is 0 Å². The van der Waals surface area contributed by atoms with E-state index in [1.54, 1.807) is 7.11 Å². The third-order valence-corrected chi connectivity index (χ3v) is 3.10. The van der Waals surface area contributed by atoms with Gasteiger partial charge in [0.2, 0.25) is 0 Å². The molecule has 1 aliphatic carbocycles. The number of hydrogen-bond acceptors (Lipinski definition) is 2. The maximum absolute atomic E-state index is 5.26. The molecule has 0 saturated carbocycles. The fourth-order valence-corrected chi connectivity index (χ4v) is 2.07. The Morgan fingerprint density at radius 1 is 1.57 bits per heavy atom. The highest BCUT2D eigenvalue weighted by molar-refractivity contribution is 5.22. The molecule has 0 radical (unpaired) electrons. The first-order valence-corrected chi connectivity index (χ1v) is 5.34. The second-order valence-corrected chi connectivity index (χ2v) is 4.16. The predicted molar refractivity (Wildman–Crippen MR) is 55.4 cm³/mol. The minimum atomic E-state index is 0.0767. The maximum atomic E-state index is 5.26. The number of nitrogens with one attached hydrogen (secondary N) is 1. The molecule has 0 amide bonds. The number of rotatable bonds is 2. The standard InChI is InChI=1S/C11H18N2O/c1-7-5-4-6-9-10(7)13-11(12-9)8(2)14-3/h7-8H,4-6H2,1-3H3,(H,12,13). The Balaban J connectivity index is 2.30. The highest BCUT2D eigenvalue weighted by Crippen LogP contribution is 2.30. The molecule has 2 rings (SSSR count). The van der Waals surface area contributed by atoms with Crippen LogP contribution in [0.15, 0.2) is 0 Å². The molecular weight excluding hydrogens is 176 g/mol. The van der Waals surface area contributed by atoms with E-state index in [2.05, 4.69) is 16.9 Å². The number of H-pyrrole nitrogens is 1. The van der Waals surface area contributed by atoms with Crippen LogP contribution in [0.2, 0.25) is 0 Å². The summed E-state index contributed by atoms with van der Waals surface area (Å²) in [5, 5.41) is 0. The van der Waals surface area contributed by atoms with Gasteiger partial charge in [-0.1, -0.05) is 6.92 Å². The van der Waals surface area contributed by atoms with Crippen LogP contribution in [0.25, 0.3) is 0 Å². The number of hydrogen-bond donors (Lipinski definition) is 1. The summed E-state index contributed by atoms with van der Waals surface area (Å²) in [6.45, 7) is 4.27. The molecule has 0 spiro atoms. The van der Waals surface area contributed by atoms with Crippen molar-refractivity contribution in [3.63, 3.8) is 0 Å². The average Bonchev–Trinajstić information content (AvgIpc) is 2.62. The van der Waals surface area contributed by atoms with Crippen molar-refractivity contribution in [3.05, 3.63) is 17.2 Å². The van der Waals surface area contributed by atoms with E-state index in [9.17, 15) is 0 Å². The van der Waals surface area contributed by atoms with E-state index < -0.39 is 0 Å². The summed E-state index contributed by atoms with van der Waals surface area (Å²) < 4.78 is 5.26. The zero-order valence-electron chi connectivity index (χ0n) is 9.13. The van der Waals surface area contributed by atoms with Gasteiger partial charge in [0, 0.05) is 18.7 Å². The van der Waals surface area contributed by atoms with E-state index in [4.69, 9.17) is 4.74 Å². The highest BCUT2D eigenvalue weighted by Gasteiger charge is 2.22. The second-order valence-electron chi connectivity index (χ2n) is 4.16. The largest absolute Gasteiger partial charge is 0.374 e. The SMILES string of the molecule is COC(C)c1nc2c([nH]1)CCCC2C. The van der Waals surface area contributed by atoms with Gasteiger partial charge in [-0.3, -0.25) is 0 Å². The number of aromatic nitrogens is 2. The first kappa shape index (κ1) is 9.71. The molecule has 0 saturated heterocycles. The van der Waals surface area contributed by atoms with Crippen LogP contribution >= 0.6 is 0 Å². The Morgan fingerprint density at radius 2 is 2.36 bits per heavy atom. The molecule has 1 aromatic rings. The molecular formula is C11H18N2O. The predicted octanol–water partition coefficient (Wildman–Crippen LogP) is 2.56. The summed E-state index contributed by atoms with van der Waals surface area (Å²) in [4.78, 5) is 8.00. The van der Waals surface area contributed by atoms with Crippen LogP contribution in [0.1, 0.15) is 55.9 Å². The summed E-state index contributed by atoms with van der Waals surface area (Å²) in [7, 11) is 1.72. The van der Waals surface area contributed by atoms with Crippen LogP contribution in [0.3, 0.4) is 0 Å². The van der Waals surface area contributed by atoms with Gasteiger partial charge in [0.1, 0.15) is 11.9 Å². The molecule has 0 aliphatic heterocycles. The lowest BCUT2D eigenvalue weighted by Crippen LogP contribution is -2.05. The molecule has 3 nitrogen and oxygen atoms in total. The lowest BCUT2D eigenvalue weighted by atomic mass is 9.92. The minimum Gasteiger partial charge on any atom is -0.374 e. The molecule has 0 bridgehead atoms. The van der Waals surface area contributed by atoms with Gasteiger partial charge in [-0.15, -0.1) is 0 Å². The van der Waals surface area contributed by atoms with E-state index in [-0.39, 0.29) is 6.10 Å². The van der Waals surface area contributed by atoms with Crippen molar-refractivity contribution in [2.45, 2.75) is 45.1 Å². The van der Waals surface area contributed by atoms with Gasteiger partial charge in [-0.2, -0.15) is 0 Å². The van der Waals surface area contributed by atoms with Crippen molar-refractivity contribution in [2.75, 3.05) is 7.11 Å². The van der Waals surface area contributed by atoms with Gasteiger partial charge < -0.3 is 9.72 Å². The van der Waals surface area contributed by atoms with Crippen LogP contribution in [0.5, 0.6) is 0 Å². The number of nitrogens with zero attached hydrogens (tertiary/aromatic N) is 1. The molecule has 0 fully saturated rings. The summed E-state index contributed by atoms with van der Waals surface area (Å²) in [6.07, 6.45) is 3.76. The van der Waals surface area contributed by atoms with Crippen molar-refractivity contribution in [3.8, 4) is 0 Å². The zero-order chi connectivity index (χ0) is 10.1. The van der Waals surface area contributed by atoms with Gasteiger partial charge in [0.05, 0.1) is 5.69 Å². The number of aryl methyl sites for hydroxylation is 1. The Kier molecular flexibility index (Phi) is 2.59. The molecule has 3 heteroatoms. The summed E-state index contributed by atoms with van der Waals surface area (Å²) >= 11 is 0. The summed E-state index contributed by atoms with van der Waals surface area (Å²) in [6, 6.07) is 0. The first-order valence-electron chi connectivity index (χ1n) is 5.34. The molecule has 14 heavy (non-hydrogen) atoms. The lowest BCUT2D eigenvalue weighted by Gasteiger charge is -2.15. The number of imidazole rings is 1. The molecule has 1 aromatic heterocycles. The highest BCUT2D eigenvalue weighted by atomic mass is 16.5. The van der Waals surface area contributed by atoms with Crippen LogP contribution in [0.4, 0.5) is 0 Å². The molecule has 0 aromatic carbocycles. The minimum absolute atomic E-state index is 0.0767. The Hall–Kier alpha value is -0.830. The van der Waals surface area contributed by atoms with Gasteiger partial charge in [-0.05, 0) is 26.2 Å². The Labute approximate surface area is 84.9 Å². The normalized spacial score (nSPS) is 23.2. The van der Waals surface area contributed by atoms with E-state index in [1.807, 2.05) is 6.92 Å². The molecule has 1 N–H and O–H groups in total. The molecule has 2 atom stereocenters. The summed E-state index contributed by atoms with van der Waals surface area (Å²) in [5.41, 5.74) is 2.58. The van der Waals surface area contributed by atoms with E-state index in [0.29, 0.717) is 5.92 Å². The van der Waals surface area contributed by atoms with Crippen molar-refractivity contribution < 1.29 is 4.74 Å². The maximum Gasteiger partial charge on any atom is 0.135 e. The quantitative estimate of drug-likeness (QED) is 0.785. The summed E-state index contributed by atoms with van der Waals surface area (Å²) in [5.74, 6) is 1.58. The lowest BCUT2D eigenvalue weighted by molar-refractivity contribution is 0.112. The first-order chi connectivity index (χ1) is 6.72. The molecule has 1 aliphatic rings. The van der Waals surface area contributed by atoms with Crippen LogP contribution < -0.4 is 0 Å². The van der Waals surface area contributed by atoms with Gasteiger partial charge in [-0.25, -0.2) is 4.98 Å². The smallest absolute Gasteiger partial charge is 0.135 e. The van der Waals surface area contributed by atoms with Crippen molar-refractivity contribution >= 4 is 0 Å². The number of methoxy groups -OCH3 is 1. The van der Waals surface area contributed by atoms with Crippen molar-refractivity contribution in [1.29, 1.82) is 0 Å². The van der Waals surface area contributed by atoms with E-state index in [1.165, 1.54) is 24.2 Å². The van der Waals surface area contributed by atoms with Crippen LogP contribution in [-0.4, -0.2) is 17.1 Å². The fraction of sp³-hybridized carbons (Fsp3) is 0.727. The monoisotopic (exact) mass is 194 g/mol. The number of fused-ring (bicyclic) bond motifs is 1. The molecule has 1 heterocycles. The van der Waals surface area contributed by atoms with Gasteiger partial charge >= 0.3 is 0 Å². The fourth-order valence-electron chi connectivity index (χ4n) is 2.07. The van der Waals surface area contributed by atoms with E-state index >= 15 is 0 Å². The average molecular weight is 194 g/mol. The van der Waals surface area contributed by atoms with E-state index in [0.717, 1.165) is 12.2 Å². The van der Waals surface area contributed by atoms with Crippen LogP contribution in [-0.2, 0) is 11.2 Å². The third-order valence-electron chi connectivity index (χ3n) is 3.10. The number of ether oxygens (including phenoxy) is 1. The van der Waals surface area contributed by atoms with Gasteiger partial charge in [0.15, 0.2) is 0 Å². The van der Waals surface area contributed by atoms with Crippen molar-refractivity contribution in [1.82, 2.24) is 9.97 Å². The second kappa shape index (κ2) is 3.73. The number of aromatic amines is 1. The molecule has 78 valence electrons.